The molecule has 2 atom stereocenters. The van der Waals surface area contributed by atoms with E-state index in [4.69, 9.17) is 0 Å². The van der Waals surface area contributed by atoms with E-state index in [1.54, 1.807) is 4.90 Å². The minimum atomic E-state index is -1.03. The van der Waals surface area contributed by atoms with Crippen LogP contribution in [0.3, 0.4) is 0 Å². The number of hydrogen-bond donors (Lipinski definition) is 2. The van der Waals surface area contributed by atoms with Crippen LogP contribution in [-0.2, 0) is 11.3 Å². The summed E-state index contributed by atoms with van der Waals surface area (Å²) in [5.74, 6) is 0.558. The summed E-state index contributed by atoms with van der Waals surface area (Å²) in [6.07, 6.45) is 2.82. The fourth-order valence-electron chi connectivity index (χ4n) is 4.17. The van der Waals surface area contributed by atoms with Crippen molar-refractivity contribution in [3.63, 3.8) is 0 Å². The lowest BCUT2D eigenvalue weighted by Crippen LogP contribution is -2.56. The van der Waals surface area contributed by atoms with Crippen molar-refractivity contribution in [2.45, 2.75) is 57.3 Å². The number of hydrogen-bond acceptors (Lipinski definition) is 4. The third-order valence-electron chi connectivity index (χ3n) is 6.21. The van der Waals surface area contributed by atoms with Gasteiger partial charge in [0, 0.05) is 26.1 Å². The number of benzene rings is 1. The first-order valence-corrected chi connectivity index (χ1v) is 9.94. The fraction of sp³-hybridized carbons (Fsp3) is 0.667. The third kappa shape index (κ3) is 4.64. The summed E-state index contributed by atoms with van der Waals surface area (Å²) in [5, 5.41) is 20.5. The number of aliphatic hydroxyl groups excluding tert-OH is 1. The van der Waals surface area contributed by atoms with E-state index in [1.165, 1.54) is 5.56 Å². The lowest BCUT2D eigenvalue weighted by Gasteiger charge is -2.42. The molecule has 0 bridgehead atoms. The number of nitrogens with zero attached hydrogens (tertiary/aromatic N) is 2. The summed E-state index contributed by atoms with van der Waals surface area (Å²) in [6.45, 7) is 5.73. The average Bonchev–Trinajstić information content (AvgIpc) is 2.66. The predicted molar refractivity (Wildman–Crippen MR) is 102 cm³/mol. The highest BCUT2D eigenvalue weighted by molar-refractivity contribution is 5.76. The van der Waals surface area contributed by atoms with E-state index in [-0.39, 0.29) is 12.5 Å². The molecule has 5 nitrogen and oxygen atoms in total. The first kappa shape index (κ1) is 19.3. The van der Waals surface area contributed by atoms with Gasteiger partial charge in [0.05, 0.1) is 5.60 Å². The summed E-state index contributed by atoms with van der Waals surface area (Å²) in [5.41, 5.74) is 0.312. The molecule has 0 saturated carbocycles. The molecule has 0 aliphatic carbocycles. The molecule has 1 aromatic rings. The van der Waals surface area contributed by atoms with Crippen LogP contribution in [0.25, 0.3) is 0 Å². The summed E-state index contributed by atoms with van der Waals surface area (Å²) in [4.78, 5) is 16.8. The Hall–Kier alpha value is -1.43. The maximum Gasteiger partial charge on any atom is 0.222 e. The van der Waals surface area contributed by atoms with Crippen molar-refractivity contribution in [3.8, 4) is 0 Å². The van der Waals surface area contributed by atoms with Crippen molar-refractivity contribution in [2.24, 2.45) is 5.92 Å². The van der Waals surface area contributed by atoms with Gasteiger partial charge in [-0.05, 0) is 50.3 Å². The second-order valence-electron chi connectivity index (χ2n) is 7.97. The summed E-state index contributed by atoms with van der Waals surface area (Å²) in [7, 11) is 0. The van der Waals surface area contributed by atoms with Crippen LogP contribution in [0.2, 0.25) is 0 Å². The van der Waals surface area contributed by atoms with E-state index < -0.39 is 11.7 Å². The number of likely N-dealkylation sites (tertiary alicyclic amines) is 2. The topological polar surface area (TPSA) is 64.0 Å². The van der Waals surface area contributed by atoms with Crippen molar-refractivity contribution in [3.05, 3.63) is 35.9 Å². The Bertz CT molecular complexity index is 586. The van der Waals surface area contributed by atoms with Crippen LogP contribution in [0.4, 0.5) is 0 Å². The molecule has 1 amide bonds. The van der Waals surface area contributed by atoms with Crippen molar-refractivity contribution >= 4 is 5.91 Å². The molecule has 3 rings (SSSR count). The molecule has 2 fully saturated rings. The fourth-order valence-corrected chi connectivity index (χ4v) is 4.17. The van der Waals surface area contributed by atoms with Crippen LogP contribution in [0.15, 0.2) is 30.3 Å². The van der Waals surface area contributed by atoms with Gasteiger partial charge >= 0.3 is 0 Å². The average molecular weight is 360 g/mol. The van der Waals surface area contributed by atoms with Crippen LogP contribution in [0, 0.1) is 5.92 Å². The third-order valence-corrected chi connectivity index (χ3v) is 6.21. The van der Waals surface area contributed by atoms with Gasteiger partial charge in [0.1, 0.15) is 6.10 Å². The Labute approximate surface area is 156 Å². The first-order valence-electron chi connectivity index (χ1n) is 9.94. The molecule has 1 aromatic carbocycles. The smallest absolute Gasteiger partial charge is 0.222 e. The van der Waals surface area contributed by atoms with E-state index in [1.807, 2.05) is 13.0 Å². The second kappa shape index (κ2) is 8.51. The molecule has 26 heavy (non-hydrogen) atoms. The van der Waals surface area contributed by atoms with Crippen LogP contribution in [0.5, 0.6) is 0 Å². The Kier molecular flexibility index (Phi) is 6.33. The predicted octanol–water partition coefficient (Wildman–Crippen LogP) is 2.02. The lowest BCUT2D eigenvalue weighted by molar-refractivity contribution is -0.151. The molecule has 2 aliphatic rings. The monoisotopic (exact) mass is 360 g/mol. The van der Waals surface area contributed by atoms with Crippen LogP contribution in [-0.4, -0.2) is 63.8 Å². The molecule has 0 aromatic heterocycles. The number of carbonyl (C=O) groups excluding carboxylic acids is 1. The van der Waals surface area contributed by atoms with E-state index in [0.717, 1.165) is 32.5 Å². The zero-order valence-corrected chi connectivity index (χ0v) is 15.8. The van der Waals surface area contributed by atoms with Gasteiger partial charge in [-0.25, -0.2) is 0 Å². The molecular formula is C21H32N2O3. The zero-order valence-electron chi connectivity index (χ0n) is 15.8. The van der Waals surface area contributed by atoms with Gasteiger partial charge in [-0.1, -0.05) is 37.3 Å². The quantitative estimate of drug-likeness (QED) is 0.843. The van der Waals surface area contributed by atoms with Crippen molar-refractivity contribution in [1.82, 2.24) is 9.80 Å². The van der Waals surface area contributed by atoms with Gasteiger partial charge < -0.3 is 15.1 Å². The van der Waals surface area contributed by atoms with E-state index in [0.29, 0.717) is 31.7 Å². The minimum absolute atomic E-state index is 0.128. The van der Waals surface area contributed by atoms with Crippen molar-refractivity contribution in [2.75, 3.05) is 26.2 Å². The maximum atomic E-state index is 12.6. The molecule has 2 heterocycles. The molecule has 5 heteroatoms. The summed E-state index contributed by atoms with van der Waals surface area (Å²) >= 11 is 0. The Morgan fingerprint density at radius 1 is 1.19 bits per heavy atom. The molecule has 2 aliphatic heterocycles. The SMILES string of the molecule is CC[C@@]1(O)CCN(C(=O)CC2CCN(Cc3ccccc3)CC2)C[C@H]1O. The molecule has 2 N–H and O–H groups in total. The van der Waals surface area contributed by atoms with Crippen molar-refractivity contribution < 1.29 is 15.0 Å². The standard InChI is InChI=1S/C21H32N2O3/c1-2-21(26)10-13-23(16-19(21)24)20(25)14-17-8-11-22(12-9-17)15-18-6-4-3-5-7-18/h3-7,17,19,24,26H,2,8-16H2,1H3/t19-,21-/m1/s1. The van der Waals surface area contributed by atoms with E-state index in [9.17, 15) is 15.0 Å². The maximum absolute atomic E-state index is 12.6. The van der Waals surface area contributed by atoms with E-state index >= 15 is 0 Å². The molecule has 0 radical (unpaired) electrons. The zero-order chi connectivity index (χ0) is 18.6. The summed E-state index contributed by atoms with van der Waals surface area (Å²) < 4.78 is 0. The Morgan fingerprint density at radius 2 is 1.88 bits per heavy atom. The number of piperidine rings is 2. The van der Waals surface area contributed by atoms with Gasteiger partial charge in [0.15, 0.2) is 0 Å². The highest BCUT2D eigenvalue weighted by Crippen LogP contribution is 2.28. The number of β-amino-alcohol motifs (C(OH)–C–C–N with tert-alkyl or cyclic N) is 1. The van der Waals surface area contributed by atoms with Gasteiger partial charge in [-0.15, -0.1) is 0 Å². The van der Waals surface area contributed by atoms with Crippen LogP contribution < -0.4 is 0 Å². The molecule has 2 saturated heterocycles. The molecule has 144 valence electrons. The number of carbonyl (C=O) groups is 1. The van der Waals surface area contributed by atoms with Gasteiger partial charge in [0.2, 0.25) is 5.91 Å². The van der Waals surface area contributed by atoms with Crippen LogP contribution in [0.1, 0.15) is 44.6 Å². The Morgan fingerprint density at radius 3 is 2.50 bits per heavy atom. The number of rotatable bonds is 5. The van der Waals surface area contributed by atoms with E-state index in [2.05, 4.69) is 29.2 Å². The molecule has 0 spiro atoms. The second-order valence-corrected chi connectivity index (χ2v) is 7.97. The normalized spacial score (nSPS) is 28.3. The van der Waals surface area contributed by atoms with Crippen LogP contribution >= 0.6 is 0 Å². The highest BCUT2D eigenvalue weighted by Gasteiger charge is 2.40. The minimum Gasteiger partial charge on any atom is -0.388 e. The number of amides is 1. The number of aliphatic hydroxyl groups is 2. The highest BCUT2D eigenvalue weighted by atomic mass is 16.3. The Balaban J connectivity index is 1.42. The summed E-state index contributed by atoms with van der Waals surface area (Å²) in [6, 6.07) is 10.5. The molecular weight excluding hydrogens is 328 g/mol. The van der Waals surface area contributed by atoms with Gasteiger partial charge in [-0.3, -0.25) is 9.69 Å². The molecule has 0 unspecified atom stereocenters. The first-order chi connectivity index (χ1) is 12.5. The van der Waals surface area contributed by atoms with Gasteiger partial charge in [0.25, 0.3) is 0 Å². The largest absolute Gasteiger partial charge is 0.388 e. The van der Waals surface area contributed by atoms with Gasteiger partial charge in [-0.2, -0.15) is 0 Å². The lowest BCUT2D eigenvalue weighted by atomic mass is 9.85. The van der Waals surface area contributed by atoms with Crippen molar-refractivity contribution in [1.29, 1.82) is 0 Å².